The van der Waals surface area contributed by atoms with E-state index in [2.05, 4.69) is 6.92 Å². The first-order chi connectivity index (χ1) is 12.5. The maximum atomic E-state index is 6.00. The Kier molecular flexibility index (Phi) is 8.14. The lowest BCUT2D eigenvalue weighted by Crippen LogP contribution is -2.05. The van der Waals surface area contributed by atoms with Crippen molar-refractivity contribution < 1.29 is 14.2 Å². The van der Waals surface area contributed by atoms with E-state index in [0.29, 0.717) is 6.61 Å². The Balaban J connectivity index is 2.14. The Morgan fingerprint density at radius 2 is 1.77 bits per heavy atom. The van der Waals surface area contributed by atoms with E-state index in [1.165, 1.54) is 0 Å². The van der Waals surface area contributed by atoms with Crippen molar-refractivity contribution in [3.63, 3.8) is 0 Å². The summed E-state index contributed by atoms with van der Waals surface area (Å²) in [6, 6.07) is 13.4. The Morgan fingerprint density at radius 1 is 1.04 bits per heavy atom. The van der Waals surface area contributed by atoms with Crippen LogP contribution in [0.1, 0.15) is 32.8 Å². The molecule has 0 bridgehead atoms. The van der Waals surface area contributed by atoms with Crippen molar-refractivity contribution in [1.82, 2.24) is 0 Å². The Morgan fingerprint density at radius 3 is 2.46 bits per heavy atom. The summed E-state index contributed by atoms with van der Waals surface area (Å²) >= 11 is 11.2. The minimum absolute atomic E-state index is 0.119. The highest BCUT2D eigenvalue weighted by Crippen LogP contribution is 2.30. The average molecular weight is 395 g/mol. The van der Waals surface area contributed by atoms with E-state index in [9.17, 15) is 0 Å². The first-order valence-electron chi connectivity index (χ1n) is 8.69. The fourth-order valence-electron chi connectivity index (χ4n) is 2.44. The van der Waals surface area contributed by atoms with Gasteiger partial charge in [0.25, 0.3) is 0 Å². The summed E-state index contributed by atoms with van der Waals surface area (Å²) in [4.78, 5) is 0. The minimum Gasteiger partial charge on any atom is -0.491 e. The number of benzene rings is 2. The van der Waals surface area contributed by atoms with Crippen LogP contribution in [0.2, 0.25) is 0 Å². The fourth-order valence-corrected chi connectivity index (χ4v) is 2.56. The third-order valence-corrected chi connectivity index (χ3v) is 3.75. The highest BCUT2D eigenvalue weighted by Gasteiger charge is 2.07. The standard InChI is InChI=1S/C21H24Cl2O3/c1-4-6-16-13-19(9-10-20(16)24-12-11-21(22)23)26-18-8-5-7-17(14-18)25-15(2)3/h5,7-11,13-15H,4,6,12H2,1-3H3. The molecule has 2 aromatic carbocycles. The molecule has 0 N–H and O–H groups in total. The largest absolute Gasteiger partial charge is 0.491 e. The van der Waals surface area contributed by atoms with E-state index in [0.717, 1.165) is 41.4 Å². The summed E-state index contributed by atoms with van der Waals surface area (Å²) in [5, 5.41) is 0. The molecule has 0 aromatic heterocycles. The van der Waals surface area contributed by atoms with E-state index in [1.54, 1.807) is 6.08 Å². The molecule has 5 heteroatoms. The molecule has 2 rings (SSSR count). The van der Waals surface area contributed by atoms with Gasteiger partial charge in [0.1, 0.15) is 34.1 Å². The van der Waals surface area contributed by atoms with Gasteiger partial charge in [-0.15, -0.1) is 0 Å². The number of hydrogen-bond acceptors (Lipinski definition) is 3. The van der Waals surface area contributed by atoms with Crippen LogP contribution in [0.15, 0.2) is 53.0 Å². The number of hydrogen-bond donors (Lipinski definition) is 0. The molecule has 0 aliphatic rings. The van der Waals surface area contributed by atoms with Crippen molar-refractivity contribution in [3.05, 3.63) is 58.6 Å². The maximum Gasteiger partial charge on any atom is 0.131 e. The summed E-state index contributed by atoms with van der Waals surface area (Å²) in [6.07, 6.45) is 3.63. The molecule has 0 aliphatic heterocycles. The Bertz CT molecular complexity index is 738. The van der Waals surface area contributed by atoms with Crippen LogP contribution in [0, 0.1) is 0 Å². The van der Waals surface area contributed by atoms with Crippen LogP contribution in [0.5, 0.6) is 23.0 Å². The topological polar surface area (TPSA) is 27.7 Å². The zero-order chi connectivity index (χ0) is 18.9. The number of rotatable bonds is 9. The summed E-state index contributed by atoms with van der Waals surface area (Å²) in [5.74, 6) is 3.09. The molecular weight excluding hydrogens is 371 g/mol. The van der Waals surface area contributed by atoms with Gasteiger partial charge >= 0.3 is 0 Å². The molecule has 140 valence electrons. The minimum atomic E-state index is 0.119. The van der Waals surface area contributed by atoms with Gasteiger partial charge in [0.05, 0.1) is 6.10 Å². The molecule has 0 unspecified atom stereocenters. The lowest BCUT2D eigenvalue weighted by atomic mass is 10.1. The smallest absolute Gasteiger partial charge is 0.131 e. The number of aryl methyl sites for hydroxylation is 1. The van der Waals surface area contributed by atoms with Gasteiger partial charge in [0, 0.05) is 6.07 Å². The molecule has 0 amide bonds. The van der Waals surface area contributed by atoms with Crippen LogP contribution in [0.4, 0.5) is 0 Å². The summed E-state index contributed by atoms with van der Waals surface area (Å²) in [6.45, 7) is 6.44. The van der Waals surface area contributed by atoms with Crippen molar-refractivity contribution in [2.75, 3.05) is 6.61 Å². The van der Waals surface area contributed by atoms with E-state index < -0.39 is 0 Å². The molecular formula is C21H24Cl2O3. The van der Waals surface area contributed by atoms with Gasteiger partial charge in [-0.25, -0.2) is 0 Å². The Hall–Kier alpha value is -1.84. The zero-order valence-corrected chi connectivity index (χ0v) is 16.8. The molecule has 3 nitrogen and oxygen atoms in total. The van der Waals surface area contributed by atoms with Crippen LogP contribution in [0.25, 0.3) is 0 Å². The van der Waals surface area contributed by atoms with Gasteiger partial charge < -0.3 is 14.2 Å². The number of ether oxygens (including phenoxy) is 3. The predicted molar refractivity (Wildman–Crippen MR) is 108 cm³/mol. The van der Waals surface area contributed by atoms with Gasteiger partial charge in [0.15, 0.2) is 0 Å². The summed E-state index contributed by atoms with van der Waals surface area (Å²) in [7, 11) is 0. The van der Waals surface area contributed by atoms with Gasteiger partial charge in [-0.05, 0) is 62.2 Å². The molecule has 26 heavy (non-hydrogen) atoms. The molecule has 0 saturated carbocycles. The fraction of sp³-hybridized carbons (Fsp3) is 0.333. The van der Waals surface area contributed by atoms with Gasteiger partial charge in [-0.3, -0.25) is 0 Å². The van der Waals surface area contributed by atoms with Crippen molar-refractivity contribution >= 4 is 23.2 Å². The second-order valence-corrected chi connectivity index (χ2v) is 7.08. The van der Waals surface area contributed by atoms with Crippen molar-refractivity contribution in [1.29, 1.82) is 0 Å². The molecule has 0 atom stereocenters. The van der Waals surface area contributed by atoms with Crippen LogP contribution in [-0.4, -0.2) is 12.7 Å². The van der Waals surface area contributed by atoms with Gasteiger partial charge in [-0.2, -0.15) is 0 Å². The van der Waals surface area contributed by atoms with Crippen molar-refractivity contribution in [2.24, 2.45) is 0 Å². The van der Waals surface area contributed by atoms with E-state index in [1.807, 2.05) is 56.3 Å². The predicted octanol–water partition coefficient (Wildman–Crippen LogP) is 6.92. The summed E-state index contributed by atoms with van der Waals surface area (Å²) < 4.78 is 17.7. The van der Waals surface area contributed by atoms with Crippen molar-refractivity contribution in [2.45, 2.75) is 39.7 Å². The molecule has 2 aromatic rings. The number of halogens is 2. The highest BCUT2D eigenvalue weighted by molar-refractivity contribution is 6.55. The average Bonchev–Trinajstić information content (AvgIpc) is 2.56. The zero-order valence-electron chi connectivity index (χ0n) is 15.3. The van der Waals surface area contributed by atoms with Gasteiger partial charge in [0.2, 0.25) is 0 Å². The monoisotopic (exact) mass is 394 g/mol. The van der Waals surface area contributed by atoms with E-state index in [4.69, 9.17) is 37.4 Å². The second kappa shape index (κ2) is 10.3. The van der Waals surface area contributed by atoms with Crippen LogP contribution in [-0.2, 0) is 6.42 Å². The Labute approximate surface area is 165 Å². The maximum absolute atomic E-state index is 6.00. The molecule has 0 radical (unpaired) electrons. The van der Waals surface area contributed by atoms with E-state index >= 15 is 0 Å². The first kappa shape index (κ1) is 20.5. The van der Waals surface area contributed by atoms with Gasteiger partial charge in [-0.1, -0.05) is 42.6 Å². The quantitative estimate of drug-likeness (QED) is 0.461. The third kappa shape index (κ3) is 6.81. The highest BCUT2D eigenvalue weighted by atomic mass is 35.5. The normalized spacial score (nSPS) is 10.5. The lowest BCUT2D eigenvalue weighted by Gasteiger charge is -2.14. The molecule has 0 saturated heterocycles. The van der Waals surface area contributed by atoms with Crippen LogP contribution < -0.4 is 14.2 Å². The third-order valence-electron chi connectivity index (χ3n) is 3.44. The first-order valence-corrected chi connectivity index (χ1v) is 9.45. The van der Waals surface area contributed by atoms with E-state index in [-0.39, 0.29) is 10.6 Å². The molecule has 0 spiro atoms. The summed E-state index contributed by atoms with van der Waals surface area (Å²) in [5.41, 5.74) is 1.08. The SMILES string of the molecule is CCCc1cc(Oc2cccc(OC(C)C)c2)ccc1OCC=C(Cl)Cl. The van der Waals surface area contributed by atoms with Crippen LogP contribution in [0.3, 0.4) is 0 Å². The molecule has 0 heterocycles. The second-order valence-electron chi connectivity index (χ2n) is 6.07. The van der Waals surface area contributed by atoms with Crippen molar-refractivity contribution in [3.8, 4) is 23.0 Å². The molecule has 0 aliphatic carbocycles. The lowest BCUT2D eigenvalue weighted by molar-refractivity contribution is 0.241. The molecule has 0 fully saturated rings. The van der Waals surface area contributed by atoms with Crippen LogP contribution >= 0.6 is 23.2 Å².